The van der Waals surface area contributed by atoms with Crippen molar-refractivity contribution in [3.8, 4) is 0 Å². The molecule has 0 unspecified atom stereocenters. The molecule has 3 amide bonds. The number of aryl methyl sites for hydroxylation is 1. The molecule has 1 heterocycles. The molecule has 1 atom stereocenters. The normalized spacial score (nSPS) is 15.5. The van der Waals surface area contributed by atoms with Crippen LogP contribution in [0, 0.1) is 12.8 Å². The summed E-state index contributed by atoms with van der Waals surface area (Å²) in [5.74, 6) is -1.81. The molecule has 0 aliphatic carbocycles. The standard InChI is InChI=1S/C23H25N3O5/c1-15-6-8-16(9-7-15)13-26-14-18(11-20(26)27)23(30)25-19-5-3-4-17(10-19)22(29)24-12-21(28)31-2/h3-10,18H,11-14H2,1-2H3,(H,24,29)(H,25,30)/t18-/m1/s1. The fourth-order valence-electron chi connectivity index (χ4n) is 3.32. The molecule has 0 radical (unpaired) electrons. The number of hydrogen-bond acceptors (Lipinski definition) is 5. The molecule has 0 saturated carbocycles. The van der Waals surface area contributed by atoms with E-state index in [0.29, 0.717) is 24.3 Å². The van der Waals surface area contributed by atoms with Gasteiger partial charge in [-0.15, -0.1) is 0 Å². The van der Waals surface area contributed by atoms with Crippen molar-refractivity contribution in [3.05, 3.63) is 65.2 Å². The first-order valence-corrected chi connectivity index (χ1v) is 9.95. The Kier molecular flexibility index (Phi) is 7.02. The van der Waals surface area contributed by atoms with Gasteiger partial charge >= 0.3 is 5.97 Å². The highest BCUT2D eigenvalue weighted by molar-refractivity contribution is 6.00. The lowest BCUT2D eigenvalue weighted by Crippen LogP contribution is -2.30. The van der Waals surface area contributed by atoms with E-state index in [4.69, 9.17) is 0 Å². The van der Waals surface area contributed by atoms with Crippen molar-refractivity contribution >= 4 is 29.4 Å². The molecule has 1 aliphatic rings. The number of carbonyl (C=O) groups excluding carboxylic acids is 4. The second-order valence-electron chi connectivity index (χ2n) is 7.49. The molecule has 8 heteroatoms. The fraction of sp³-hybridized carbons (Fsp3) is 0.304. The van der Waals surface area contributed by atoms with E-state index in [1.54, 1.807) is 23.1 Å². The number of carbonyl (C=O) groups is 4. The van der Waals surface area contributed by atoms with Crippen molar-refractivity contribution in [2.24, 2.45) is 5.92 Å². The Morgan fingerprint density at radius 1 is 1.13 bits per heavy atom. The van der Waals surface area contributed by atoms with Gasteiger partial charge in [0.1, 0.15) is 6.54 Å². The molecular formula is C23H25N3O5. The molecule has 0 bridgehead atoms. The van der Waals surface area contributed by atoms with Gasteiger partial charge < -0.3 is 20.3 Å². The van der Waals surface area contributed by atoms with Crippen LogP contribution in [-0.4, -0.2) is 48.8 Å². The molecule has 0 aromatic heterocycles. The number of nitrogens with zero attached hydrogens (tertiary/aromatic N) is 1. The minimum Gasteiger partial charge on any atom is -0.468 e. The quantitative estimate of drug-likeness (QED) is 0.662. The van der Waals surface area contributed by atoms with Crippen molar-refractivity contribution in [1.82, 2.24) is 10.2 Å². The molecule has 2 aromatic carbocycles. The number of methoxy groups -OCH3 is 1. The van der Waals surface area contributed by atoms with Crippen LogP contribution >= 0.6 is 0 Å². The smallest absolute Gasteiger partial charge is 0.325 e. The molecule has 0 spiro atoms. The van der Waals surface area contributed by atoms with Crippen LogP contribution < -0.4 is 10.6 Å². The zero-order valence-corrected chi connectivity index (χ0v) is 17.5. The third-order valence-corrected chi connectivity index (χ3v) is 5.09. The van der Waals surface area contributed by atoms with Crippen molar-refractivity contribution in [3.63, 3.8) is 0 Å². The highest BCUT2D eigenvalue weighted by atomic mass is 16.5. The number of hydrogen-bond donors (Lipinski definition) is 2. The molecule has 1 fully saturated rings. The predicted octanol–water partition coefficient (Wildman–Crippen LogP) is 1.89. The van der Waals surface area contributed by atoms with Gasteiger partial charge in [-0.25, -0.2) is 0 Å². The molecule has 2 aromatic rings. The molecule has 31 heavy (non-hydrogen) atoms. The van der Waals surface area contributed by atoms with E-state index < -0.39 is 17.8 Å². The fourth-order valence-corrected chi connectivity index (χ4v) is 3.32. The molecule has 8 nitrogen and oxygen atoms in total. The number of anilines is 1. The number of amides is 3. The van der Waals surface area contributed by atoms with Crippen LogP contribution in [0.5, 0.6) is 0 Å². The third kappa shape index (κ3) is 5.91. The Labute approximate surface area is 180 Å². The maximum Gasteiger partial charge on any atom is 0.325 e. The maximum atomic E-state index is 12.7. The number of benzene rings is 2. The summed E-state index contributed by atoms with van der Waals surface area (Å²) in [6.07, 6.45) is 0.150. The van der Waals surface area contributed by atoms with Crippen LogP contribution in [0.15, 0.2) is 48.5 Å². The van der Waals surface area contributed by atoms with Gasteiger partial charge in [0.25, 0.3) is 5.91 Å². The van der Waals surface area contributed by atoms with Crippen molar-refractivity contribution in [2.75, 3.05) is 25.5 Å². The zero-order valence-electron chi connectivity index (χ0n) is 17.5. The van der Waals surface area contributed by atoms with E-state index in [2.05, 4.69) is 15.4 Å². The van der Waals surface area contributed by atoms with Crippen LogP contribution in [0.2, 0.25) is 0 Å². The highest BCUT2D eigenvalue weighted by Crippen LogP contribution is 2.22. The molecule has 162 valence electrons. The first-order chi connectivity index (χ1) is 14.9. The molecule has 3 rings (SSSR count). The van der Waals surface area contributed by atoms with E-state index in [9.17, 15) is 19.2 Å². The second kappa shape index (κ2) is 9.88. The van der Waals surface area contributed by atoms with E-state index in [-0.39, 0.29) is 24.8 Å². The lowest BCUT2D eigenvalue weighted by Gasteiger charge is -2.17. The molecular weight excluding hydrogens is 398 g/mol. The summed E-state index contributed by atoms with van der Waals surface area (Å²) >= 11 is 0. The number of nitrogens with one attached hydrogen (secondary N) is 2. The average molecular weight is 423 g/mol. The highest BCUT2D eigenvalue weighted by Gasteiger charge is 2.34. The lowest BCUT2D eigenvalue weighted by atomic mass is 10.1. The predicted molar refractivity (Wildman–Crippen MR) is 114 cm³/mol. The van der Waals surface area contributed by atoms with E-state index >= 15 is 0 Å². The Hall–Kier alpha value is -3.68. The second-order valence-corrected chi connectivity index (χ2v) is 7.49. The Morgan fingerprint density at radius 3 is 2.58 bits per heavy atom. The van der Waals surface area contributed by atoms with E-state index in [1.165, 1.54) is 13.2 Å². The Balaban J connectivity index is 1.57. The van der Waals surface area contributed by atoms with Gasteiger partial charge in [0, 0.05) is 30.8 Å². The average Bonchev–Trinajstić information content (AvgIpc) is 3.14. The van der Waals surface area contributed by atoms with Gasteiger partial charge in [-0.3, -0.25) is 19.2 Å². The van der Waals surface area contributed by atoms with Gasteiger partial charge in [0.05, 0.1) is 13.0 Å². The maximum absolute atomic E-state index is 12.7. The van der Waals surface area contributed by atoms with Gasteiger partial charge in [0.15, 0.2) is 0 Å². The largest absolute Gasteiger partial charge is 0.468 e. The first kappa shape index (κ1) is 22.0. The van der Waals surface area contributed by atoms with Gasteiger partial charge in [0.2, 0.25) is 11.8 Å². The Morgan fingerprint density at radius 2 is 1.87 bits per heavy atom. The summed E-state index contributed by atoms with van der Waals surface area (Å²) in [7, 11) is 1.24. The number of esters is 1. The third-order valence-electron chi connectivity index (χ3n) is 5.09. The van der Waals surface area contributed by atoms with Crippen LogP contribution in [0.25, 0.3) is 0 Å². The minimum atomic E-state index is -0.557. The van der Waals surface area contributed by atoms with Crippen LogP contribution in [0.4, 0.5) is 5.69 Å². The van der Waals surface area contributed by atoms with Crippen LogP contribution in [0.3, 0.4) is 0 Å². The van der Waals surface area contributed by atoms with Crippen molar-refractivity contribution in [1.29, 1.82) is 0 Å². The van der Waals surface area contributed by atoms with Gasteiger partial charge in [-0.05, 0) is 30.7 Å². The SMILES string of the molecule is COC(=O)CNC(=O)c1cccc(NC(=O)[C@@H]2CC(=O)N(Cc3ccc(C)cc3)C2)c1. The summed E-state index contributed by atoms with van der Waals surface area (Å²) < 4.78 is 4.49. The molecule has 1 saturated heterocycles. The summed E-state index contributed by atoms with van der Waals surface area (Å²) in [5.41, 5.74) is 2.91. The zero-order chi connectivity index (χ0) is 22.4. The lowest BCUT2D eigenvalue weighted by molar-refractivity contribution is -0.139. The molecule has 1 aliphatic heterocycles. The molecule has 2 N–H and O–H groups in total. The minimum absolute atomic E-state index is 0.0586. The monoisotopic (exact) mass is 423 g/mol. The summed E-state index contributed by atoms with van der Waals surface area (Å²) in [6.45, 7) is 2.58. The van der Waals surface area contributed by atoms with E-state index in [0.717, 1.165) is 11.1 Å². The van der Waals surface area contributed by atoms with Crippen LogP contribution in [-0.2, 0) is 25.7 Å². The van der Waals surface area contributed by atoms with Crippen LogP contribution in [0.1, 0.15) is 27.9 Å². The van der Waals surface area contributed by atoms with Gasteiger partial charge in [-0.2, -0.15) is 0 Å². The number of likely N-dealkylation sites (tertiary alicyclic amines) is 1. The topological polar surface area (TPSA) is 105 Å². The summed E-state index contributed by atoms with van der Waals surface area (Å²) in [6, 6.07) is 14.3. The van der Waals surface area contributed by atoms with Crippen molar-refractivity contribution in [2.45, 2.75) is 19.9 Å². The van der Waals surface area contributed by atoms with Gasteiger partial charge in [-0.1, -0.05) is 35.9 Å². The van der Waals surface area contributed by atoms with E-state index in [1.807, 2.05) is 31.2 Å². The van der Waals surface area contributed by atoms with Crippen molar-refractivity contribution < 1.29 is 23.9 Å². The number of ether oxygens (including phenoxy) is 1. The number of rotatable bonds is 7. The summed E-state index contributed by atoms with van der Waals surface area (Å²) in [5, 5.41) is 5.22. The Bertz CT molecular complexity index is 987. The summed E-state index contributed by atoms with van der Waals surface area (Å²) in [4.78, 5) is 50.1. The first-order valence-electron chi connectivity index (χ1n) is 9.95.